The number of imide groups is 1. The number of benzene rings is 3. The number of anilines is 3. The SMILES string of the molecule is COc1ccc(N2C(=O)C(Cl)=C(Nc3cccc(C(=O)Nc4cc(C(F)(F)F)ccc4Cl)c3)C2=O)c(OC)c1. The van der Waals surface area contributed by atoms with Gasteiger partial charge in [-0.15, -0.1) is 0 Å². The summed E-state index contributed by atoms with van der Waals surface area (Å²) in [7, 11) is 2.81. The molecule has 0 aromatic heterocycles. The fourth-order valence-corrected chi connectivity index (χ4v) is 4.05. The van der Waals surface area contributed by atoms with Gasteiger partial charge in [-0.25, -0.2) is 4.90 Å². The lowest BCUT2D eigenvalue weighted by Crippen LogP contribution is -2.32. The third-order valence-electron chi connectivity index (χ3n) is 5.59. The van der Waals surface area contributed by atoms with E-state index in [4.69, 9.17) is 32.7 Å². The molecule has 1 aliphatic rings. The lowest BCUT2D eigenvalue weighted by molar-refractivity contribution is -0.137. The second-order valence-corrected chi connectivity index (χ2v) is 8.81. The van der Waals surface area contributed by atoms with Gasteiger partial charge in [-0.05, 0) is 48.5 Å². The Morgan fingerprint density at radius 1 is 0.923 bits per heavy atom. The summed E-state index contributed by atoms with van der Waals surface area (Å²) in [4.78, 5) is 39.7. The summed E-state index contributed by atoms with van der Waals surface area (Å²) >= 11 is 12.2. The number of carbonyl (C=O) groups excluding carboxylic acids is 3. The molecular weight excluding hydrogens is 562 g/mol. The highest BCUT2D eigenvalue weighted by Gasteiger charge is 2.40. The molecular formula is C26H18Cl2F3N3O5. The van der Waals surface area contributed by atoms with E-state index in [0.29, 0.717) is 5.75 Å². The van der Waals surface area contributed by atoms with Gasteiger partial charge in [0.25, 0.3) is 17.7 Å². The van der Waals surface area contributed by atoms with Crippen molar-refractivity contribution in [3.8, 4) is 11.5 Å². The number of hydrogen-bond acceptors (Lipinski definition) is 6. The van der Waals surface area contributed by atoms with E-state index in [-0.39, 0.29) is 39.1 Å². The summed E-state index contributed by atoms with van der Waals surface area (Å²) in [6.45, 7) is 0. The zero-order valence-electron chi connectivity index (χ0n) is 20.2. The second-order valence-electron chi connectivity index (χ2n) is 8.02. The van der Waals surface area contributed by atoms with Gasteiger partial charge in [-0.1, -0.05) is 29.3 Å². The minimum atomic E-state index is -4.63. The summed E-state index contributed by atoms with van der Waals surface area (Å²) in [6, 6.07) is 12.7. The first-order valence-corrected chi connectivity index (χ1v) is 11.8. The normalized spacial score (nSPS) is 13.6. The van der Waals surface area contributed by atoms with Crippen molar-refractivity contribution in [2.45, 2.75) is 6.18 Å². The number of methoxy groups -OCH3 is 2. The first kappa shape index (κ1) is 27.8. The third kappa shape index (κ3) is 5.64. The maximum absolute atomic E-state index is 13.2. The van der Waals surface area contributed by atoms with Crippen molar-refractivity contribution in [3.63, 3.8) is 0 Å². The number of ether oxygens (including phenoxy) is 2. The molecule has 13 heteroatoms. The number of halogens is 5. The van der Waals surface area contributed by atoms with Gasteiger partial charge in [-0.3, -0.25) is 14.4 Å². The molecule has 0 saturated carbocycles. The van der Waals surface area contributed by atoms with Crippen LogP contribution >= 0.6 is 23.2 Å². The fourth-order valence-electron chi connectivity index (χ4n) is 3.67. The Morgan fingerprint density at radius 3 is 2.33 bits per heavy atom. The molecule has 0 radical (unpaired) electrons. The minimum Gasteiger partial charge on any atom is -0.497 e. The molecule has 0 fully saturated rings. The summed E-state index contributed by atoms with van der Waals surface area (Å²) in [5.41, 5.74) is -1.11. The highest BCUT2D eigenvalue weighted by molar-refractivity contribution is 6.53. The van der Waals surface area contributed by atoms with E-state index in [0.717, 1.165) is 23.1 Å². The maximum atomic E-state index is 13.2. The number of rotatable bonds is 7. The predicted octanol–water partition coefficient (Wildman–Crippen LogP) is 6.06. The first-order chi connectivity index (χ1) is 18.4. The fraction of sp³-hybridized carbons (Fsp3) is 0.115. The highest BCUT2D eigenvalue weighted by Crippen LogP contribution is 2.38. The Hall–Kier alpha value is -4.22. The average Bonchev–Trinajstić information content (AvgIpc) is 3.11. The van der Waals surface area contributed by atoms with Crippen LogP contribution in [0, 0.1) is 0 Å². The van der Waals surface area contributed by atoms with E-state index in [9.17, 15) is 27.6 Å². The van der Waals surface area contributed by atoms with Crippen molar-refractivity contribution >= 4 is 58.0 Å². The summed E-state index contributed by atoms with van der Waals surface area (Å²) in [5, 5.41) is 4.60. The topological polar surface area (TPSA) is 97.0 Å². The van der Waals surface area contributed by atoms with Crippen LogP contribution in [-0.2, 0) is 15.8 Å². The van der Waals surface area contributed by atoms with Crippen LogP contribution in [0.4, 0.5) is 30.2 Å². The molecule has 0 bridgehead atoms. The van der Waals surface area contributed by atoms with Crippen LogP contribution < -0.4 is 25.0 Å². The Bertz CT molecular complexity index is 1520. The van der Waals surface area contributed by atoms with Crippen LogP contribution in [0.25, 0.3) is 0 Å². The largest absolute Gasteiger partial charge is 0.497 e. The standard InChI is InChI=1S/C26H18Cl2F3N3O5/c1-38-16-7-9-19(20(12-16)39-2)34-24(36)21(28)22(25(34)37)32-15-5-3-4-13(10-15)23(35)33-18-11-14(26(29,30)31)6-8-17(18)27/h3-12,32H,1-2H3,(H,33,35). The van der Waals surface area contributed by atoms with E-state index >= 15 is 0 Å². The van der Waals surface area contributed by atoms with Gasteiger partial charge in [0.2, 0.25) is 0 Å². The number of nitrogens with one attached hydrogen (secondary N) is 2. The molecule has 1 heterocycles. The zero-order chi connectivity index (χ0) is 28.5. The molecule has 2 N–H and O–H groups in total. The molecule has 0 atom stereocenters. The molecule has 0 spiro atoms. The number of nitrogens with zero attached hydrogens (tertiary/aromatic N) is 1. The quantitative estimate of drug-likeness (QED) is 0.330. The van der Waals surface area contributed by atoms with E-state index in [1.165, 1.54) is 56.7 Å². The minimum absolute atomic E-state index is 0.0238. The number of carbonyl (C=O) groups is 3. The van der Waals surface area contributed by atoms with Gasteiger partial charge in [-0.2, -0.15) is 13.2 Å². The van der Waals surface area contributed by atoms with Crippen molar-refractivity contribution in [1.82, 2.24) is 0 Å². The predicted molar refractivity (Wildman–Crippen MR) is 139 cm³/mol. The van der Waals surface area contributed by atoms with Gasteiger partial charge in [0.05, 0.1) is 36.2 Å². The van der Waals surface area contributed by atoms with Crippen molar-refractivity contribution < 1.29 is 37.0 Å². The number of amides is 3. The van der Waals surface area contributed by atoms with Crippen LogP contribution in [0.1, 0.15) is 15.9 Å². The Labute approximate surface area is 229 Å². The van der Waals surface area contributed by atoms with E-state index in [1.54, 1.807) is 0 Å². The summed E-state index contributed by atoms with van der Waals surface area (Å²) in [6.07, 6.45) is -4.63. The Morgan fingerprint density at radius 2 is 1.67 bits per heavy atom. The molecule has 3 amide bonds. The molecule has 0 aliphatic carbocycles. The molecule has 202 valence electrons. The highest BCUT2D eigenvalue weighted by atomic mass is 35.5. The third-order valence-corrected chi connectivity index (χ3v) is 6.27. The Balaban J connectivity index is 1.56. The van der Waals surface area contributed by atoms with Crippen LogP contribution in [0.2, 0.25) is 5.02 Å². The molecule has 4 rings (SSSR count). The van der Waals surface area contributed by atoms with Gasteiger partial charge in [0.1, 0.15) is 22.2 Å². The lowest BCUT2D eigenvalue weighted by Gasteiger charge is -2.18. The molecule has 0 saturated heterocycles. The molecule has 0 unspecified atom stereocenters. The van der Waals surface area contributed by atoms with Crippen LogP contribution in [0.3, 0.4) is 0 Å². The monoisotopic (exact) mass is 579 g/mol. The molecule has 8 nitrogen and oxygen atoms in total. The van der Waals surface area contributed by atoms with Crippen LogP contribution in [0.5, 0.6) is 11.5 Å². The van der Waals surface area contributed by atoms with Crippen LogP contribution in [-0.4, -0.2) is 31.9 Å². The molecule has 39 heavy (non-hydrogen) atoms. The molecule has 3 aromatic rings. The van der Waals surface area contributed by atoms with Gasteiger partial charge in [0, 0.05) is 17.3 Å². The van der Waals surface area contributed by atoms with Crippen molar-refractivity contribution in [3.05, 3.63) is 87.5 Å². The maximum Gasteiger partial charge on any atom is 0.416 e. The van der Waals surface area contributed by atoms with E-state index < -0.39 is 34.5 Å². The van der Waals surface area contributed by atoms with Gasteiger partial charge in [0.15, 0.2) is 0 Å². The molecule has 1 aliphatic heterocycles. The van der Waals surface area contributed by atoms with E-state index in [1.807, 2.05) is 0 Å². The van der Waals surface area contributed by atoms with Crippen molar-refractivity contribution in [1.29, 1.82) is 0 Å². The van der Waals surface area contributed by atoms with Crippen molar-refractivity contribution in [2.75, 3.05) is 29.8 Å². The zero-order valence-corrected chi connectivity index (χ0v) is 21.7. The average molecular weight is 580 g/mol. The number of hydrogen-bond donors (Lipinski definition) is 2. The first-order valence-electron chi connectivity index (χ1n) is 11.0. The summed E-state index contributed by atoms with van der Waals surface area (Å²) < 4.78 is 49.6. The van der Waals surface area contributed by atoms with Crippen LogP contribution in [0.15, 0.2) is 71.4 Å². The van der Waals surface area contributed by atoms with E-state index in [2.05, 4.69) is 10.6 Å². The van der Waals surface area contributed by atoms with Crippen molar-refractivity contribution in [2.24, 2.45) is 0 Å². The summed E-state index contributed by atoms with van der Waals surface area (Å²) in [5.74, 6) is -1.72. The lowest BCUT2D eigenvalue weighted by atomic mass is 10.1. The Kier molecular flexibility index (Phi) is 7.75. The smallest absolute Gasteiger partial charge is 0.416 e. The second kappa shape index (κ2) is 10.9. The number of alkyl halides is 3. The molecule has 3 aromatic carbocycles. The van der Waals surface area contributed by atoms with Gasteiger partial charge < -0.3 is 20.1 Å². The van der Waals surface area contributed by atoms with Gasteiger partial charge >= 0.3 is 6.18 Å².